The molecule has 1 atom stereocenters. The first-order valence-electron chi connectivity index (χ1n) is 37.1. The van der Waals surface area contributed by atoms with Gasteiger partial charge in [-0.15, -0.1) is 0 Å². The lowest BCUT2D eigenvalue weighted by Gasteiger charge is -2.18. The van der Waals surface area contributed by atoms with E-state index in [1.807, 2.05) is 0 Å². The molecule has 486 valence electrons. The van der Waals surface area contributed by atoms with Crippen LogP contribution in [0.2, 0.25) is 0 Å². The number of hydrogen-bond donors (Lipinski definition) is 0. The van der Waals surface area contributed by atoms with Crippen molar-refractivity contribution in [3.8, 4) is 0 Å². The van der Waals surface area contributed by atoms with E-state index < -0.39 is 6.10 Å². The zero-order valence-corrected chi connectivity index (χ0v) is 56.0. The summed E-state index contributed by atoms with van der Waals surface area (Å²) in [4.78, 5) is 38.2. The molecule has 0 saturated carbocycles. The molecule has 0 aliphatic rings. The second-order valence-corrected chi connectivity index (χ2v) is 25.2. The summed E-state index contributed by atoms with van der Waals surface area (Å²) < 4.78 is 16.9. The Morgan fingerprint density at radius 1 is 0.241 bits per heavy atom. The first-order chi connectivity index (χ1) is 41.0. The number of hydrogen-bond acceptors (Lipinski definition) is 6. The maximum Gasteiger partial charge on any atom is 0.306 e. The van der Waals surface area contributed by atoms with Gasteiger partial charge in [0.15, 0.2) is 6.10 Å². The number of ether oxygens (including phenoxy) is 3. The Hall–Kier alpha value is -2.63. The Kier molecular flexibility index (Phi) is 69.6. The smallest absolute Gasteiger partial charge is 0.306 e. The fourth-order valence-electron chi connectivity index (χ4n) is 11.2. The van der Waals surface area contributed by atoms with E-state index in [4.69, 9.17) is 14.2 Å². The molecule has 0 amide bonds. The molecule has 0 heterocycles. The zero-order chi connectivity index (χ0) is 59.9. The van der Waals surface area contributed by atoms with Crippen LogP contribution in [0.4, 0.5) is 0 Å². The van der Waals surface area contributed by atoms with Crippen LogP contribution in [0.3, 0.4) is 0 Å². The third kappa shape index (κ3) is 70.0. The van der Waals surface area contributed by atoms with E-state index in [0.29, 0.717) is 19.3 Å². The highest BCUT2D eigenvalue weighted by Crippen LogP contribution is 2.19. The Balaban J connectivity index is 4.01. The first kappa shape index (κ1) is 80.4. The predicted molar refractivity (Wildman–Crippen MR) is 362 cm³/mol. The van der Waals surface area contributed by atoms with Gasteiger partial charge in [0.2, 0.25) is 0 Å². The Morgan fingerprint density at radius 2 is 0.434 bits per heavy atom. The van der Waals surface area contributed by atoms with Crippen molar-refractivity contribution in [3.05, 3.63) is 48.6 Å². The average molecular weight is 1160 g/mol. The number of esters is 3. The molecular formula is C77H142O6. The standard InChI is InChI=1S/C77H142O6/c1-4-7-10-13-16-18-20-22-24-26-28-30-32-34-36-38-40-42-44-46-48-50-52-54-56-58-61-64-67-70-76(79)82-73-74(72-81-75(78)69-66-63-60-15-12-9-6-3)83-77(80)71-68-65-62-59-57-55-53-51-49-47-45-43-41-39-37-35-33-31-29-27-25-23-21-19-17-14-11-8-5-2/h20,22,26-29,32,34,74H,4-19,21,23-25,30-31,33,35-73H2,1-3H3/b22-20-,28-26-,29-27-,34-32-. The monoisotopic (exact) mass is 1160 g/mol. The molecule has 0 N–H and O–H groups in total. The molecule has 0 aromatic rings. The van der Waals surface area contributed by atoms with E-state index in [1.54, 1.807) is 0 Å². The molecule has 0 aromatic carbocycles. The van der Waals surface area contributed by atoms with Gasteiger partial charge < -0.3 is 14.2 Å². The Morgan fingerprint density at radius 3 is 0.687 bits per heavy atom. The lowest BCUT2D eigenvalue weighted by molar-refractivity contribution is -0.167. The fraction of sp³-hybridized carbons (Fsp3) is 0.857. The highest BCUT2D eigenvalue weighted by atomic mass is 16.6. The Labute approximate surface area is 518 Å². The van der Waals surface area contributed by atoms with Crippen molar-refractivity contribution in [1.82, 2.24) is 0 Å². The minimum absolute atomic E-state index is 0.0684. The van der Waals surface area contributed by atoms with Crippen LogP contribution < -0.4 is 0 Å². The lowest BCUT2D eigenvalue weighted by atomic mass is 10.0. The van der Waals surface area contributed by atoms with Crippen LogP contribution in [0.5, 0.6) is 0 Å². The molecule has 83 heavy (non-hydrogen) atoms. The van der Waals surface area contributed by atoms with Crippen LogP contribution in [0.1, 0.15) is 406 Å². The van der Waals surface area contributed by atoms with Crippen LogP contribution >= 0.6 is 0 Å². The van der Waals surface area contributed by atoms with Crippen molar-refractivity contribution in [2.24, 2.45) is 0 Å². The van der Waals surface area contributed by atoms with Gasteiger partial charge in [0.1, 0.15) is 13.2 Å². The van der Waals surface area contributed by atoms with E-state index in [1.165, 1.54) is 295 Å². The molecule has 0 aliphatic carbocycles. The number of carbonyl (C=O) groups excluding carboxylic acids is 3. The molecule has 6 nitrogen and oxygen atoms in total. The first-order valence-corrected chi connectivity index (χ1v) is 37.1. The summed E-state index contributed by atoms with van der Waals surface area (Å²) in [5.41, 5.74) is 0. The van der Waals surface area contributed by atoms with Crippen molar-refractivity contribution in [3.63, 3.8) is 0 Å². The molecule has 0 fully saturated rings. The average Bonchev–Trinajstić information content (AvgIpc) is 3.49. The number of allylic oxidation sites excluding steroid dienone is 8. The van der Waals surface area contributed by atoms with Crippen molar-refractivity contribution in [2.45, 2.75) is 412 Å². The normalized spacial score (nSPS) is 12.3. The number of rotatable bonds is 69. The minimum Gasteiger partial charge on any atom is -0.462 e. The minimum atomic E-state index is -0.769. The second-order valence-electron chi connectivity index (χ2n) is 25.2. The maximum absolute atomic E-state index is 12.9. The highest BCUT2D eigenvalue weighted by molar-refractivity contribution is 5.71. The van der Waals surface area contributed by atoms with Gasteiger partial charge in [-0.3, -0.25) is 14.4 Å². The second kappa shape index (κ2) is 71.8. The molecular weight excluding hydrogens is 1020 g/mol. The van der Waals surface area contributed by atoms with Crippen molar-refractivity contribution in [2.75, 3.05) is 13.2 Å². The fourth-order valence-corrected chi connectivity index (χ4v) is 11.2. The van der Waals surface area contributed by atoms with Crippen LogP contribution in [-0.2, 0) is 28.6 Å². The van der Waals surface area contributed by atoms with Gasteiger partial charge in [-0.25, -0.2) is 0 Å². The quantitative estimate of drug-likeness (QED) is 0.0261. The van der Waals surface area contributed by atoms with Crippen molar-refractivity contribution < 1.29 is 28.6 Å². The molecule has 0 spiro atoms. The van der Waals surface area contributed by atoms with Crippen LogP contribution in [0.25, 0.3) is 0 Å². The van der Waals surface area contributed by atoms with Gasteiger partial charge in [0, 0.05) is 19.3 Å². The molecule has 0 rings (SSSR count). The van der Waals surface area contributed by atoms with E-state index >= 15 is 0 Å². The van der Waals surface area contributed by atoms with Crippen molar-refractivity contribution in [1.29, 1.82) is 0 Å². The summed E-state index contributed by atoms with van der Waals surface area (Å²) in [5, 5.41) is 0. The molecule has 0 saturated heterocycles. The molecule has 1 unspecified atom stereocenters. The molecule has 0 bridgehead atoms. The molecule has 0 radical (unpaired) electrons. The summed E-state index contributed by atoms with van der Waals surface area (Å²) in [6.07, 6.45) is 91.9. The van der Waals surface area contributed by atoms with E-state index in [9.17, 15) is 14.4 Å². The van der Waals surface area contributed by atoms with E-state index in [-0.39, 0.29) is 31.1 Å². The van der Waals surface area contributed by atoms with Gasteiger partial charge in [-0.2, -0.15) is 0 Å². The van der Waals surface area contributed by atoms with Crippen molar-refractivity contribution >= 4 is 17.9 Å². The van der Waals surface area contributed by atoms with Crippen LogP contribution in [-0.4, -0.2) is 37.2 Å². The summed E-state index contributed by atoms with van der Waals surface area (Å²) in [7, 11) is 0. The van der Waals surface area contributed by atoms with Gasteiger partial charge in [-0.1, -0.05) is 352 Å². The predicted octanol–water partition coefficient (Wildman–Crippen LogP) is 25.7. The third-order valence-electron chi connectivity index (χ3n) is 16.8. The van der Waals surface area contributed by atoms with Gasteiger partial charge in [-0.05, 0) is 83.5 Å². The SMILES string of the molecule is CCCCCCC/C=C\C/C=C\C/C=C\CCCCCCCCCCCCCCCCC(=O)OCC(COC(=O)CCCCCCCCC)OC(=O)CCCCCCCCCCCCCCCCCCC/C=C\CCCCCCCCCC. The number of unbranched alkanes of at least 4 members (excludes halogenated alkanes) is 50. The molecule has 0 aliphatic heterocycles. The largest absolute Gasteiger partial charge is 0.462 e. The zero-order valence-electron chi connectivity index (χ0n) is 56.0. The van der Waals surface area contributed by atoms with Gasteiger partial charge in [0.05, 0.1) is 0 Å². The summed E-state index contributed by atoms with van der Waals surface area (Å²) in [6, 6.07) is 0. The van der Waals surface area contributed by atoms with E-state index in [0.717, 1.165) is 70.6 Å². The summed E-state index contributed by atoms with van der Waals surface area (Å²) in [6.45, 7) is 6.65. The maximum atomic E-state index is 12.9. The Bertz CT molecular complexity index is 1430. The topological polar surface area (TPSA) is 78.9 Å². The lowest BCUT2D eigenvalue weighted by Crippen LogP contribution is -2.30. The van der Waals surface area contributed by atoms with Gasteiger partial charge >= 0.3 is 17.9 Å². The number of carbonyl (C=O) groups is 3. The highest BCUT2D eigenvalue weighted by Gasteiger charge is 2.19. The molecule has 6 heteroatoms. The summed E-state index contributed by atoms with van der Waals surface area (Å²) >= 11 is 0. The van der Waals surface area contributed by atoms with Gasteiger partial charge in [0.25, 0.3) is 0 Å². The van der Waals surface area contributed by atoms with E-state index in [2.05, 4.69) is 69.4 Å². The summed E-state index contributed by atoms with van der Waals surface area (Å²) in [5.74, 6) is -0.850. The third-order valence-corrected chi connectivity index (χ3v) is 16.8. The molecule has 0 aromatic heterocycles. The van der Waals surface area contributed by atoms with Crippen LogP contribution in [0.15, 0.2) is 48.6 Å². The van der Waals surface area contributed by atoms with Crippen LogP contribution in [0, 0.1) is 0 Å².